The smallest absolute Gasteiger partial charge is 0.122 e. The lowest BCUT2D eigenvalue weighted by molar-refractivity contribution is 0.270. The molecule has 0 spiro atoms. The van der Waals surface area contributed by atoms with Gasteiger partial charge in [0, 0.05) is 0 Å². The van der Waals surface area contributed by atoms with Crippen molar-refractivity contribution in [3.8, 4) is 5.75 Å². The third-order valence-corrected chi connectivity index (χ3v) is 3.92. The van der Waals surface area contributed by atoms with Crippen molar-refractivity contribution < 1.29 is 4.74 Å². The maximum absolute atomic E-state index is 6.07. The van der Waals surface area contributed by atoms with Crippen molar-refractivity contribution in [3.63, 3.8) is 0 Å². The summed E-state index contributed by atoms with van der Waals surface area (Å²) < 4.78 is 6.07. The van der Waals surface area contributed by atoms with Gasteiger partial charge in [-0.3, -0.25) is 0 Å². The summed E-state index contributed by atoms with van der Waals surface area (Å²) in [5.41, 5.74) is 5.15. The van der Waals surface area contributed by atoms with E-state index in [0.29, 0.717) is 6.61 Å². The van der Waals surface area contributed by atoms with Gasteiger partial charge in [-0.2, -0.15) is 0 Å². The molecule has 1 unspecified atom stereocenters. The van der Waals surface area contributed by atoms with E-state index < -0.39 is 0 Å². The minimum absolute atomic E-state index is 0.204. The Balaban J connectivity index is 2.14. The van der Waals surface area contributed by atoms with Crippen LogP contribution in [-0.4, -0.2) is 13.7 Å². The summed E-state index contributed by atoms with van der Waals surface area (Å²) in [6, 6.07) is 15.0. The van der Waals surface area contributed by atoms with Crippen molar-refractivity contribution >= 4 is 0 Å². The zero-order chi connectivity index (χ0) is 15.2. The number of nitrogens with one attached hydrogen (secondary N) is 1. The van der Waals surface area contributed by atoms with Crippen molar-refractivity contribution in [3.05, 3.63) is 64.7 Å². The second-order valence-electron chi connectivity index (χ2n) is 5.47. The Bertz CT molecular complexity index is 592. The van der Waals surface area contributed by atoms with Gasteiger partial charge in [-0.1, -0.05) is 48.9 Å². The molecule has 0 aromatic heterocycles. The van der Waals surface area contributed by atoms with E-state index in [2.05, 4.69) is 62.5 Å². The Morgan fingerprint density at radius 3 is 2.57 bits per heavy atom. The molecule has 2 heteroatoms. The molecule has 0 saturated carbocycles. The van der Waals surface area contributed by atoms with Gasteiger partial charge in [-0.05, 0) is 50.1 Å². The zero-order valence-electron chi connectivity index (χ0n) is 13.4. The molecule has 2 aromatic rings. The molecule has 0 radical (unpaired) electrons. The van der Waals surface area contributed by atoms with Gasteiger partial charge >= 0.3 is 0 Å². The number of ether oxygens (including phenoxy) is 1. The van der Waals surface area contributed by atoms with Gasteiger partial charge in [0.25, 0.3) is 0 Å². The van der Waals surface area contributed by atoms with Gasteiger partial charge in [0.1, 0.15) is 12.4 Å². The molecule has 0 heterocycles. The summed E-state index contributed by atoms with van der Waals surface area (Å²) in [4.78, 5) is 0. The first-order chi connectivity index (χ1) is 10.2. The van der Waals surface area contributed by atoms with Crippen LogP contribution in [0.1, 0.15) is 35.2 Å². The highest BCUT2D eigenvalue weighted by atomic mass is 16.5. The zero-order valence-corrected chi connectivity index (χ0v) is 13.4. The summed E-state index contributed by atoms with van der Waals surface area (Å²) in [5, 5.41) is 3.37. The number of para-hydroxylation sites is 1. The Morgan fingerprint density at radius 2 is 1.86 bits per heavy atom. The summed E-state index contributed by atoms with van der Waals surface area (Å²) in [5.74, 6) is 0.991. The fraction of sp³-hybridized carbons (Fsp3) is 0.368. The molecular formula is C19H25NO. The minimum Gasteiger partial charge on any atom is -0.491 e. The number of rotatable bonds is 6. The Labute approximate surface area is 128 Å². The van der Waals surface area contributed by atoms with E-state index in [-0.39, 0.29) is 6.04 Å². The van der Waals surface area contributed by atoms with E-state index in [4.69, 9.17) is 4.74 Å². The van der Waals surface area contributed by atoms with Crippen molar-refractivity contribution in [1.29, 1.82) is 0 Å². The second kappa shape index (κ2) is 7.28. The van der Waals surface area contributed by atoms with Gasteiger partial charge in [0.15, 0.2) is 0 Å². The number of hydrogen-bond donors (Lipinski definition) is 1. The monoisotopic (exact) mass is 283 g/mol. The Morgan fingerprint density at radius 1 is 1.10 bits per heavy atom. The van der Waals surface area contributed by atoms with E-state index in [1.54, 1.807) is 0 Å². The Kier molecular flexibility index (Phi) is 5.40. The van der Waals surface area contributed by atoms with Crippen molar-refractivity contribution in [1.82, 2.24) is 5.32 Å². The molecular weight excluding hydrogens is 258 g/mol. The fourth-order valence-electron chi connectivity index (χ4n) is 2.57. The lowest BCUT2D eigenvalue weighted by Gasteiger charge is -2.21. The second-order valence-corrected chi connectivity index (χ2v) is 5.47. The number of hydrogen-bond acceptors (Lipinski definition) is 2. The van der Waals surface area contributed by atoms with Gasteiger partial charge in [0.05, 0.1) is 6.04 Å². The third-order valence-electron chi connectivity index (χ3n) is 3.92. The van der Waals surface area contributed by atoms with Gasteiger partial charge in [-0.25, -0.2) is 0 Å². The third kappa shape index (κ3) is 3.85. The van der Waals surface area contributed by atoms with Crippen molar-refractivity contribution in [2.45, 2.75) is 33.2 Å². The van der Waals surface area contributed by atoms with E-state index in [9.17, 15) is 0 Å². The molecule has 0 aliphatic carbocycles. The van der Waals surface area contributed by atoms with Crippen LogP contribution in [0.25, 0.3) is 0 Å². The normalized spacial score (nSPS) is 12.2. The summed E-state index contributed by atoms with van der Waals surface area (Å²) in [6.07, 6.45) is 0.990. The molecule has 0 amide bonds. The first-order valence-electron chi connectivity index (χ1n) is 7.60. The van der Waals surface area contributed by atoms with Crippen LogP contribution >= 0.6 is 0 Å². The average Bonchev–Trinajstić information content (AvgIpc) is 2.51. The van der Waals surface area contributed by atoms with Gasteiger partial charge in [-0.15, -0.1) is 0 Å². The van der Waals surface area contributed by atoms with Crippen LogP contribution in [0.15, 0.2) is 42.5 Å². The molecule has 0 fully saturated rings. The van der Waals surface area contributed by atoms with Crippen LogP contribution in [-0.2, 0) is 6.42 Å². The number of likely N-dealkylation sites (N-methyl/N-ethyl adjacent to an activating group) is 1. The molecule has 112 valence electrons. The predicted octanol–water partition coefficient (Wildman–Crippen LogP) is 4.21. The predicted molar refractivity (Wildman–Crippen MR) is 89.0 cm³/mol. The van der Waals surface area contributed by atoms with Gasteiger partial charge < -0.3 is 10.1 Å². The summed E-state index contributed by atoms with van der Waals surface area (Å²) in [7, 11) is 1.99. The fourth-order valence-corrected chi connectivity index (χ4v) is 2.57. The molecule has 1 atom stereocenters. The lowest BCUT2D eigenvalue weighted by Crippen LogP contribution is -2.24. The van der Waals surface area contributed by atoms with E-state index >= 15 is 0 Å². The molecule has 21 heavy (non-hydrogen) atoms. The quantitative estimate of drug-likeness (QED) is 0.857. The molecule has 0 aliphatic rings. The largest absolute Gasteiger partial charge is 0.491 e. The van der Waals surface area contributed by atoms with E-state index in [1.165, 1.54) is 22.3 Å². The highest BCUT2D eigenvalue weighted by Gasteiger charge is 2.13. The highest BCUT2D eigenvalue weighted by Crippen LogP contribution is 2.23. The topological polar surface area (TPSA) is 21.3 Å². The maximum atomic E-state index is 6.07. The van der Waals surface area contributed by atoms with Crippen LogP contribution in [0.4, 0.5) is 0 Å². The first kappa shape index (κ1) is 15.6. The SMILES string of the molecule is CCc1ccccc1OCC(NC)c1cc(C)ccc1C. The van der Waals surface area contributed by atoms with Crippen molar-refractivity contribution in [2.75, 3.05) is 13.7 Å². The van der Waals surface area contributed by atoms with Crippen LogP contribution in [0, 0.1) is 13.8 Å². The van der Waals surface area contributed by atoms with E-state index in [1.807, 2.05) is 13.1 Å². The highest BCUT2D eigenvalue weighted by molar-refractivity contribution is 5.35. The summed E-state index contributed by atoms with van der Waals surface area (Å²) in [6.45, 7) is 7.07. The molecule has 0 bridgehead atoms. The number of aryl methyl sites for hydroxylation is 3. The van der Waals surface area contributed by atoms with Crippen LogP contribution in [0.3, 0.4) is 0 Å². The average molecular weight is 283 g/mol. The summed E-state index contributed by atoms with van der Waals surface area (Å²) >= 11 is 0. The van der Waals surface area contributed by atoms with E-state index in [0.717, 1.165) is 12.2 Å². The standard InChI is InChI=1S/C19H25NO/c1-5-16-8-6-7-9-19(16)21-13-18(20-4)17-12-14(2)10-11-15(17)3/h6-12,18,20H,5,13H2,1-4H3. The molecule has 1 N–H and O–H groups in total. The maximum Gasteiger partial charge on any atom is 0.122 e. The minimum atomic E-state index is 0.204. The lowest BCUT2D eigenvalue weighted by atomic mass is 9.99. The Hall–Kier alpha value is -1.80. The molecule has 2 aromatic carbocycles. The number of benzene rings is 2. The van der Waals surface area contributed by atoms with Crippen molar-refractivity contribution in [2.24, 2.45) is 0 Å². The molecule has 2 nitrogen and oxygen atoms in total. The van der Waals surface area contributed by atoms with Crippen LogP contribution < -0.4 is 10.1 Å². The molecule has 0 saturated heterocycles. The first-order valence-corrected chi connectivity index (χ1v) is 7.60. The molecule has 0 aliphatic heterocycles. The molecule has 2 rings (SSSR count). The van der Waals surface area contributed by atoms with Crippen LogP contribution in [0.2, 0.25) is 0 Å². The van der Waals surface area contributed by atoms with Crippen LogP contribution in [0.5, 0.6) is 5.75 Å². The van der Waals surface area contributed by atoms with Gasteiger partial charge in [0.2, 0.25) is 0 Å².